The van der Waals surface area contributed by atoms with Gasteiger partial charge in [-0.3, -0.25) is 9.89 Å². The van der Waals surface area contributed by atoms with Crippen LogP contribution in [0.2, 0.25) is 0 Å². The van der Waals surface area contributed by atoms with Gasteiger partial charge in [0.05, 0.1) is 46.8 Å². The molecule has 0 unspecified atom stereocenters. The van der Waals surface area contributed by atoms with E-state index in [0.29, 0.717) is 5.69 Å². The molecular formula is C21H17F2N5O. The van der Waals surface area contributed by atoms with Gasteiger partial charge in [-0.2, -0.15) is 10.2 Å². The average molecular weight is 393 g/mol. The van der Waals surface area contributed by atoms with Gasteiger partial charge >= 0.3 is 0 Å². The van der Waals surface area contributed by atoms with E-state index in [4.69, 9.17) is 0 Å². The van der Waals surface area contributed by atoms with Crippen molar-refractivity contribution >= 4 is 11.6 Å². The minimum atomic E-state index is -0.786. The Bertz CT molecular complexity index is 1190. The van der Waals surface area contributed by atoms with Gasteiger partial charge in [0.2, 0.25) is 0 Å². The zero-order valence-electron chi connectivity index (χ0n) is 15.7. The molecule has 0 bridgehead atoms. The number of aryl methyl sites for hydroxylation is 2. The fraction of sp³-hybridized carbons (Fsp3) is 0.0952. The molecule has 0 atom stereocenters. The molecule has 4 rings (SSSR count). The Morgan fingerprint density at radius 3 is 2.59 bits per heavy atom. The van der Waals surface area contributed by atoms with Crippen molar-refractivity contribution in [2.75, 3.05) is 5.32 Å². The maximum absolute atomic E-state index is 14.1. The number of halogens is 2. The van der Waals surface area contributed by atoms with Crippen LogP contribution in [-0.4, -0.2) is 25.9 Å². The summed E-state index contributed by atoms with van der Waals surface area (Å²) in [4.78, 5) is 12.7. The molecule has 8 heteroatoms. The largest absolute Gasteiger partial charge is 0.319 e. The normalized spacial score (nSPS) is 10.9. The highest BCUT2D eigenvalue weighted by Crippen LogP contribution is 2.27. The SMILES string of the molecule is Cc1ccc(-n2cc(NC(=O)c3cn[nH]c3-c3c(F)cccc3F)cn2)c(C)c1. The summed E-state index contributed by atoms with van der Waals surface area (Å²) in [6, 6.07) is 9.45. The zero-order valence-corrected chi connectivity index (χ0v) is 15.7. The van der Waals surface area contributed by atoms with Gasteiger partial charge < -0.3 is 5.32 Å². The number of aromatic nitrogens is 4. The predicted octanol–water partition coefficient (Wildman–Crippen LogP) is 4.41. The van der Waals surface area contributed by atoms with Gasteiger partial charge in [0.15, 0.2) is 0 Å². The molecule has 2 aromatic carbocycles. The van der Waals surface area contributed by atoms with Gasteiger partial charge in [-0.1, -0.05) is 23.8 Å². The molecule has 0 saturated carbocycles. The first-order chi connectivity index (χ1) is 13.9. The summed E-state index contributed by atoms with van der Waals surface area (Å²) in [5.74, 6) is -2.13. The van der Waals surface area contributed by atoms with E-state index in [9.17, 15) is 13.6 Å². The highest BCUT2D eigenvalue weighted by atomic mass is 19.1. The highest BCUT2D eigenvalue weighted by molar-refractivity contribution is 6.07. The smallest absolute Gasteiger partial charge is 0.259 e. The van der Waals surface area contributed by atoms with Crippen molar-refractivity contribution in [1.82, 2.24) is 20.0 Å². The molecule has 4 aromatic rings. The Hall–Kier alpha value is -3.81. The lowest BCUT2D eigenvalue weighted by molar-refractivity contribution is 0.102. The number of nitrogens with zero attached hydrogens (tertiary/aromatic N) is 3. The summed E-state index contributed by atoms with van der Waals surface area (Å²) in [6.07, 6.45) is 4.39. The third kappa shape index (κ3) is 3.52. The summed E-state index contributed by atoms with van der Waals surface area (Å²) in [5.41, 5.74) is 3.16. The lowest BCUT2D eigenvalue weighted by atomic mass is 10.1. The first kappa shape index (κ1) is 18.5. The van der Waals surface area contributed by atoms with Gasteiger partial charge in [-0.25, -0.2) is 13.5 Å². The van der Waals surface area contributed by atoms with Crippen molar-refractivity contribution in [3.63, 3.8) is 0 Å². The Morgan fingerprint density at radius 1 is 1.10 bits per heavy atom. The molecule has 29 heavy (non-hydrogen) atoms. The van der Waals surface area contributed by atoms with Gasteiger partial charge in [0, 0.05) is 0 Å². The van der Waals surface area contributed by atoms with E-state index in [2.05, 4.69) is 20.6 Å². The third-order valence-electron chi connectivity index (χ3n) is 4.54. The van der Waals surface area contributed by atoms with Crippen molar-refractivity contribution in [3.05, 3.63) is 83.3 Å². The topological polar surface area (TPSA) is 75.6 Å². The standard InChI is InChI=1S/C21H17F2N5O/c1-12-6-7-18(13(2)8-12)28-11-14(9-25-28)26-21(29)15-10-24-27-20(15)19-16(22)4-3-5-17(19)23/h3-11H,1-2H3,(H,24,27)(H,26,29). The summed E-state index contributed by atoms with van der Waals surface area (Å²) >= 11 is 0. The third-order valence-corrected chi connectivity index (χ3v) is 4.54. The predicted molar refractivity (Wildman–Crippen MR) is 105 cm³/mol. The van der Waals surface area contributed by atoms with Crippen LogP contribution in [0.4, 0.5) is 14.5 Å². The van der Waals surface area contributed by atoms with Crippen LogP contribution in [0.1, 0.15) is 21.5 Å². The molecule has 0 aliphatic rings. The molecule has 0 fully saturated rings. The molecule has 1 amide bonds. The van der Waals surface area contributed by atoms with Crippen LogP contribution in [0.3, 0.4) is 0 Å². The monoisotopic (exact) mass is 393 g/mol. The number of H-pyrrole nitrogens is 1. The minimum Gasteiger partial charge on any atom is -0.319 e. The summed E-state index contributed by atoms with van der Waals surface area (Å²) in [5, 5.41) is 13.2. The first-order valence-electron chi connectivity index (χ1n) is 8.85. The number of nitrogens with one attached hydrogen (secondary N) is 2. The van der Waals surface area contributed by atoms with E-state index >= 15 is 0 Å². The molecule has 0 spiro atoms. The Balaban J connectivity index is 1.61. The number of hydrogen-bond donors (Lipinski definition) is 2. The molecule has 2 N–H and O–H groups in total. The van der Waals surface area contributed by atoms with E-state index in [0.717, 1.165) is 28.9 Å². The van der Waals surface area contributed by atoms with Crippen LogP contribution in [0.25, 0.3) is 16.9 Å². The number of benzene rings is 2. The van der Waals surface area contributed by atoms with Crippen LogP contribution in [0, 0.1) is 25.5 Å². The molecular weight excluding hydrogens is 376 g/mol. The van der Waals surface area contributed by atoms with E-state index in [1.807, 2.05) is 32.0 Å². The number of amides is 1. The maximum atomic E-state index is 14.1. The van der Waals surface area contributed by atoms with Crippen LogP contribution < -0.4 is 5.32 Å². The second-order valence-corrected chi connectivity index (χ2v) is 6.67. The van der Waals surface area contributed by atoms with Crippen LogP contribution >= 0.6 is 0 Å². The average Bonchev–Trinajstić information content (AvgIpc) is 3.31. The van der Waals surface area contributed by atoms with E-state index in [1.165, 1.54) is 18.5 Å². The maximum Gasteiger partial charge on any atom is 0.259 e. The number of rotatable bonds is 4. The van der Waals surface area contributed by atoms with E-state index in [1.54, 1.807) is 10.9 Å². The quantitative estimate of drug-likeness (QED) is 0.539. The van der Waals surface area contributed by atoms with Crippen molar-refractivity contribution in [1.29, 1.82) is 0 Å². The number of aromatic amines is 1. The van der Waals surface area contributed by atoms with Gasteiger partial charge in [-0.15, -0.1) is 0 Å². The molecule has 0 aliphatic heterocycles. The summed E-state index contributed by atoms with van der Waals surface area (Å²) in [7, 11) is 0. The lowest BCUT2D eigenvalue weighted by Gasteiger charge is -2.07. The Morgan fingerprint density at radius 2 is 1.86 bits per heavy atom. The van der Waals surface area contributed by atoms with Crippen molar-refractivity contribution in [3.8, 4) is 16.9 Å². The molecule has 0 aliphatic carbocycles. The number of anilines is 1. The summed E-state index contributed by atoms with van der Waals surface area (Å²) < 4.78 is 29.9. The molecule has 0 radical (unpaired) electrons. The fourth-order valence-corrected chi connectivity index (χ4v) is 3.17. The van der Waals surface area contributed by atoms with Gasteiger partial charge in [0.25, 0.3) is 5.91 Å². The first-order valence-corrected chi connectivity index (χ1v) is 8.85. The van der Waals surface area contributed by atoms with Crippen molar-refractivity contribution in [2.24, 2.45) is 0 Å². The van der Waals surface area contributed by atoms with Crippen LogP contribution in [-0.2, 0) is 0 Å². The second-order valence-electron chi connectivity index (χ2n) is 6.67. The Labute approximate surface area is 165 Å². The van der Waals surface area contributed by atoms with Crippen LogP contribution in [0.15, 0.2) is 55.0 Å². The number of carbonyl (C=O) groups excluding carboxylic acids is 1. The van der Waals surface area contributed by atoms with Crippen molar-refractivity contribution in [2.45, 2.75) is 13.8 Å². The summed E-state index contributed by atoms with van der Waals surface area (Å²) in [6.45, 7) is 3.98. The molecule has 146 valence electrons. The molecule has 0 saturated heterocycles. The van der Waals surface area contributed by atoms with Crippen LogP contribution in [0.5, 0.6) is 0 Å². The highest BCUT2D eigenvalue weighted by Gasteiger charge is 2.21. The van der Waals surface area contributed by atoms with Gasteiger partial charge in [-0.05, 0) is 37.6 Å². The minimum absolute atomic E-state index is 0.0215. The Kier molecular flexibility index (Phi) is 4.67. The second kappa shape index (κ2) is 7.31. The fourth-order valence-electron chi connectivity index (χ4n) is 3.17. The zero-order chi connectivity index (χ0) is 20.5. The van der Waals surface area contributed by atoms with E-state index in [-0.39, 0.29) is 16.8 Å². The van der Waals surface area contributed by atoms with E-state index < -0.39 is 17.5 Å². The number of hydrogen-bond acceptors (Lipinski definition) is 3. The molecule has 6 nitrogen and oxygen atoms in total. The lowest BCUT2D eigenvalue weighted by Crippen LogP contribution is -2.12. The molecule has 2 heterocycles. The van der Waals surface area contributed by atoms with Gasteiger partial charge in [0.1, 0.15) is 11.6 Å². The number of carbonyl (C=O) groups is 1. The molecule has 2 aromatic heterocycles. The van der Waals surface area contributed by atoms with Crippen molar-refractivity contribution < 1.29 is 13.6 Å².